The van der Waals surface area contributed by atoms with Crippen LogP contribution in [0.15, 0.2) is 12.1 Å². The second kappa shape index (κ2) is 5.22. The van der Waals surface area contributed by atoms with Gasteiger partial charge in [-0.25, -0.2) is 9.18 Å². The molecule has 1 heterocycles. The van der Waals surface area contributed by atoms with Crippen molar-refractivity contribution in [2.24, 2.45) is 0 Å². The van der Waals surface area contributed by atoms with E-state index in [2.05, 4.69) is 4.74 Å². The Labute approximate surface area is 103 Å². The first-order valence-electron chi connectivity index (χ1n) is 5.49. The van der Waals surface area contributed by atoms with Crippen LogP contribution in [-0.4, -0.2) is 31.4 Å². The van der Waals surface area contributed by atoms with Gasteiger partial charge in [0.05, 0.1) is 20.3 Å². The number of carbonyl (C=O) groups is 1. The van der Waals surface area contributed by atoms with E-state index in [4.69, 9.17) is 9.47 Å². The van der Waals surface area contributed by atoms with Crippen LogP contribution >= 0.6 is 0 Å². The van der Waals surface area contributed by atoms with Gasteiger partial charge in [0.15, 0.2) is 23.4 Å². The van der Waals surface area contributed by atoms with Gasteiger partial charge in [-0.05, 0) is 12.1 Å². The molecule has 2 rings (SSSR count). The van der Waals surface area contributed by atoms with Crippen LogP contribution in [0.5, 0.6) is 11.5 Å². The van der Waals surface area contributed by atoms with E-state index in [1.54, 1.807) is 0 Å². The van der Waals surface area contributed by atoms with Crippen LogP contribution in [0.1, 0.15) is 18.1 Å². The van der Waals surface area contributed by atoms with Gasteiger partial charge >= 0.3 is 5.97 Å². The zero-order valence-electron chi connectivity index (χ0n) is 9.81. The summed E-state index contributed by atoms with van der Waals surface area (Å²) in [7, 11) is 1.16. The largest absolute Gasteiger partial charge is 0.489 e. The molecule has 1 aliphatic rings. The highest BCUT2D eigenvalue weighted by atomic mass is 19.1. The maximum Gasteiger partial charge on any atom is 0.339 e. The highest BCUT2D eigenvalue weighted by Gasteiger charge is 2.27. The Hall–Kier alpha value is -1.82. The first kappa shape index (κ1) is 12.6. The molecule has 6 heteroatoms. The normalized spacial score (nSPS) is 15.7. The van der Waals surface area contributed by atoms with Gasteiger partial charge in [-0.2, -0.15) is 0 Å². The highest BCUT2D eigenvalue weighted by molar-refractivity contribution is 5.77. The molecule has 18 heavy (non-hydrogen) atoms. The molecule has 0 saturated carbocycles. The number of fused-ring (bicyclic) bond motifs is 1. The zero-order chi connectivity index (χ0) is 13.1. The Morgan fingerprint density at radius 3 is 2.72 bits per heavy atom. The molecule has 1 aromatic rings. The third-order valence-corrected chi connectivity index (χ3v) is 2.60. The van der Waals surface area contributed by atoms with Crippen molar-refractivity contribution in [1.82, 2.24) is 0 Å². The second-order valence-electron chi connectivity index (χ2n) is 3.77. The third-order valence-electron chi connectivity index (χ3n) is 2.60. The Bertz CT molecular complexity index is 460. The number of rotatable bonds is 2. The molecule has 0 bridgehead atoms. The molecule has 0 aliphatic carbocycles. The summed E-state index contributed by atoms with van der Waals surface area (Å²) in [6, 6.07) is 2.40. The molecule has 1 N–H and O–H groups in total. The molecule has 0 spiro atoms. The van der Waals surface area contributed by atoms with E-state index >= 15 is 0 Å². The van der Waals surface area contributed by atoms with E-state index in [1.807, 2.05) is 0 Å². The Morgan fingerprint density at radius 2 is 2.06 bits per heavy atom. The second-order valence-corrected chi connectivity index (χ2v) is 3.77. The lowest BCUT2D eigenvalue weighted by molar-refractivity contribution is -0.150. The van der Waals surface area contributed by atoms with Crippen molar-refractivity contribution in [3.8, 4) is 11.5 Å². The lowest BCUT2D eigenvalue weighted by atomic mass is 10.1. The fourth-order valence-electron chi connectivity index (χ4n) is 1.70. The van der Waals surface area contributed by atoms with E-state index in [9.17, 15) is 14.3 Å². The van der Waals surface area contributed by atoms with Crippen molar-refractivity contribution in [2.75, 3.05) is 20.3 Å². The predicted molar refractivity (Wildman–Crippen MR) is 59.0 cm³/mol. The minimum absolute atomic E-state index is 0.0606. The summed E-state index contributed by atoms with van der Waals surface area (Å²) >= 11 is 0. The van der Waals surface area contributed by atoms with Crippen LogP contribution < -0.4 is 9.47 Å². The van der Waals surface area contributed by atoms with Gasteiger partial charge in [0.1, 0.15) is 0 Å². The van der Waals surface area contributed by atoms with Crippen LogP contribution in [-0.2, 0) is 9.53 Å². The van der Waals surface area contributed by atoms with Gasteiger partial charge < -0.3 is 19.3 Å². The fraction of sp³-hybridized carbons (Fsp3) is 0.417. The molecule has 98 valence electrons. The average Bonchev–Trinajstić information content (AvgIpc) is 2.64. The Morgan fingerprint density at radius 1 is 1.39 bits per heavy atom. The first-order chi connectivity index (χ1) is 8.65. The number of hydrogen-bond acceptors (Lipinski definition) is 5. The lowest BCUT2D eigenvalue weighted by Crippen LogP contribution is -2.15. The molecule has 0 aromatic heterocycles. The van der Waals surface area contributed by atoms with E-state index in [-0.39, 0.29) is 17.1 Å². The summed E-state index contributed by atoms with van der Waals surface area (Å²) in [5.74, 6) is -1.44. The molecule has 1 atom stereocenters. The van der Waals surface area contributed by atoms with Crippen molar-refractivity contribution >= 4 is 5.97 Å². The summed E-state index contributed by atoms with van der Waals surface area (Å²) < 4.78 is 28.6. The topological polar surface area (TPSA) is 65.0 Å². The van der Waals surface area contributed by atoms with Gasteiger partial charge in [-0.1, -0.05) is 0 Å². The van der Waals surface area contributed by atoms with E-state index in [0.29, 0.717) is 19.6 Å². The lowest BCUT2D eigenvalue weighted by Gasteiger charge is -2.15. The Balaban J connectivity index is 2.45. The van der Waals surface area contributed by atoms with Gasteiger partial charge in [-0.15, -0.1) is 0 Å². The predicted octanol–water partition coefficient (Wildman–Crippen LogP) is 1.19. The molecule has 1 aliphatic heterocycles. The number of hydrogen-bond donors (Lipinski definition) is 1. The molecule has 0 radical (unpaired) electrons. The van der Waals surface area contributed by atoms with Crippen LogP contribution in [0.3, 0.4) is 0 Å². The third kappa shape index (κ3) is 2.24. The smallest absolute Gasteiger partial charge is 0.339 e. The van der Waals surface area contributed by atoms with Crippen LogP contribution in [0, 0.1) is 5.82 Å². The van der Waals surface area contributed by atoms with Crippen LogP contribution in [0.25, 0.3) is 0 Å². The van der Waals surface area contributed by atoms with E-state index in [1.165, 1.54) is 6.07 Å². The number of methoxy groups -OCH3 is 1. The summed E-state index contributed by atoms with van der Waals surface area (Å²) in [4.78, 5) is 11.3. The van der Waals surface area contributed by atoms with E-state index < -0.39 is 17.9 Å². The fourth-order valence-corrected chi connectivity index (χ4v) is 1.70. The maximum atomic E-state index is 13.6. The molecule has 0 saturated heterocycles. The zero-order valence-corrected chi connectivity index (χ0v) is 9.81. The number of ether oxygens (including phenoxy) is 3. The van der Waals surface area contributed by atoms with Crippen LogP contribution in [0.2, 0.25) is 0 Å². The van der Waals surface area contributed by atoms with Crippen molar-refractivity contribution in [2.45, 2.75) is 12.5 Å². The minimum Gasteiger partial charge on any atom is -0.489 e. The first-order valence-corrected chi connectivity index (χ1v) is 5.49. The summed E-state index contributed by atoms with van der Waals surface area (Å²) in [6.07, 6.45) is -0.923. The summed E-state index contributed by atoms with van der Waals surface area (Å²) in [5, 5.41) is 9.80. The molecule has 1 aromatic carbocycles. The van der Waals surface area contributed by atoms with Gasteiger partial charge in [-0.3, -0.25) is 0 Å². The van der Waals surface area contributed by atoms with Crippen molar-refractivity contribution in [3.05, 3.63) is 23.5 Å². The minimum atomic E-state index is -1.52. The molecular weight excluding hydrogens is 243 g/mol. The Kier molecular flexibility index (Phi) is 3.66. The number of aliphatic hydroxyl groups is 1. The standard InChI is InChI=1S/C12H13FO5/c1-16-12(15)9(14)7-3-4-8(13)11-10(7)17-5-2-6-18-11/h3-4,9,14H,2,5-6H2,1H3. The van der Waals surface area contributed by atoms with Crippen molar-refractivity contribution in [3.63, 3.8) is 0 Å². The van der Waals surface area contributed by atoms with Crippen molar-refractivity contribution < 1.29 is 28.5 Å². The number of benzene rings is 1. The molecule has 5 nitrogen and oxygen atoms in total. The highest BCUT2D eigenvalue weighted by Crippen LogP contribution is 2.39. The molecule has 0 amide bonds. The number of carbonyl (C=O) groups excluding carboxylic acids is 1. The maximum absolute atomic E-state index is 13.6. The van der Waals surface area contributed by atoms with E-state index in [0.717, 1.165) is 13.2 Å². The number of halogens is 1. The molecule has 1 unspecified atom stereocenters. The molecular formula is C12H13FO5. The molecule has 0 fully saturated rings. The van der Waals surface area contributed by atoms with Crippen LogP contribution in [0.4, 0.5) is 4.39 Å². The van der Waals surface area contributed by atoms with Crippen molar-refractivity contribution in [1.29, 1.82) is 0 Å². The number of aliphatic hydroxyl groups excluding tert-OH is 1. The quantitative estimate of drug-likeness (QED) is 0.805. The summed E-state index contributed by atoms with van der Waals surface area (Å²) in [5.41, 5.74) is 0.139. The number of esters is 1. The average molecular weight is 256 g/mol. The van der Waals surface area contributed by atoms with Gasteiger partial charge in [0.25, 0.3) is 0 Å². The SMILES string of the molecule is COC(=O)C(O)c1ccc(F)c2c1OCCCO2. The van der Waals surface area contributed by atoms with Gasteiger partial charge in [0, 0.05) is 12.0 Å². The summed E-state index contributed by atoms with van der Waals surface area (Å²) in [6.45, 7) is 0.652. The van der Waals surface area contributed by atoms with Gasteiger partial charge in [0.2, 0.25) is 0 Å². The monoisotopic (exact) mass is 256 g/mol.